The fourth-order valence-electron chi connectivity index (χ4n) is 11.2. The largest absolute Gasteiger partial charge is 0.489 e. The van der Waals surface area contributed by atoms with Crippen molar-refractivity contribution in [1.29, 1.82) is 5.26 Å². The zero-order valence-electron chi connectivity index (χ0n) is 35.2. The molecule has 3 aromatic rings. The molecule has 4 saturated heterocycles. The molecule has 324 valence electrons. The number of carbonyl (C=O) groups excluding carboxylic acids is 5. The lowest BCUT2D eigenvalue weighted by atomic mass is 9.49. The minimum Gasteiger partial charge on any atom is -0.489 e. The Labute approximate surface area is 363 Å². The molecular formula is C45H49ClFN9O6. The lowest BCUT2D eigenvalue weighted by Crippen LogP contribution is -2.74. The molecule has 1 spiro atoms. The van der Waals surface area contributed by atoms with Crippen molar-refractivity contribution in [3.8, 4) is 11.8 Å². The molecular weight excluding hydrogens is 817 g/mol. The van der Waals surface area contributed by atoms with Crippen LogP contribution in [0.1, 0.15) is 103 Å². The van der Waals surface area contributed by atoms with Crippen LogP contribution in [-0.4, -0.2) is 113 Å². The van der Waals surface area contributed by atoms with Crippen LogP contribution < -0.4 is 25.2 Å². The summed E-state index contributed by atoms with van der Waals surface area (Å²) in [5, 5.41) is 23.7. The predicted molar refractivity (Wildman–Crippen MR) is 225 cm³/mol. The van der Waals surface area contributed by atoms with Crippen molar-refractivity contribution in [1.82, 2.24) is 30.6 Å². The minimum atomic E-state index is -1.10. The van der Waals surface area contributed by atoms with Crippen LogP contribution in [0.4, 0.5) is 15.9 Å². The zero-order chi connectivity index (χ0) is 43.9. The number of hydrogen-bond acceptors (Lipinski definition) is 12. The van der Waals surface area contributed by atoms with Crippen LogP contribution in [0.2, 0.25) is 5.02 Å². The zero-order valence-corrected chi connectivity index (χ0v) is 35.9. The Balaban J connectivity index is 0.739. The second-order valence-electron chi connectivity index (χ2n) is 19.0. The van der Waals surface area contributed by atoms with E-state index in [0.29, 0.717) is 35.5 Å². The minimum absolute atomic E-state index is 0.0156. The first kappa shape index (κ1) is 41.7. The lowest BCUT2D eigenvalue weighted by Gasteiger charge is -2.63. The van der Waals surface area contributed by atoms with Gasteiger partial charge in [-0.25, -0.2) is 4.39 Å². The molecule has 15 nitrogen and oxygen atoms in total. The third-order valence-corrected chi connectivity index (χ3v) is 14.7. The Kier molecular flexibility index (Phi) is 10.3. The number of nitriles is 1. The summed E-state index contributed by atoms with van der Waals surface area (Å²) in [7, 11) is 0. The van der Waals surface area contributed by atoms with Crippen LogP contribution in [0.3, 0.4) is 0 Å². The maximum absolute atomic E-state index is 15.5. The summed E-state index contributed by atoms with van der Waals surface area (Å²) in [6, 6.07) is 12.4. The van der Waals surface area contributed by atoms with Crippen LogP contribution >= 0.6 is 11.6 Å². The number of likely N-dealkylation sites (tertiary alicyclic amines) is 1. The third-order valence-electron chi connectivity index (χ3n) is 14.4. The number of halogens is 2. The number of nitrogens with zero attached hydrogens (tertiary/aromatic N) is 7. The molecule has 1 atom stereocenters. The number of imide groups is 2. The van der Waals surface area contributed by atoms with Crippen molar-refractivity contribution >= 4 is 52.6 Å². The average molecular weight is 866 g/mol. The van der Waals surface area contributed by atoms with E-state index in [0.717, 1.165) is 68.6 Å². The number of ether oxygens (including phenoxy) is 1. The molecule has 2 aromatic carbocycles. The van der Waals surface area contributed by atoms with Gasteiger partial charge in [-0.05, 0) is 73.9 Å². The molecule has 6 aliphatic rings. The summed E-state index contributed by atoms with van der Waals surface area (Å²) in [6.45, 7) is 13.0. The average Bonchev–Trinajstić information content (AvgIpc) is 3.47. The quantitative estimate of drug-likeness (QED) is 0.298. The number of nitrogens with one attached hydrogen (secondary N) is 2. The molecule has 5 amide bonds. The van der Waals surface area contributed by atoms with E-state index in [9.17, 15) is 29.2 Å². The number of hydrogen-bond donors (Lipinski definition) is 2. The number of benzene rings is 2. The Hall–Kier alpha value is -5.66. The van der Waals surface area contributed by atoms with Crippen molar-refractivity contribution in [2.75, 3.05) is 49.1 Å². The molecule has 17 heteroatoms. The molecule has 0 bridgehead atoms. The van der Waals surface area contributed by atoms with Gasteiger partial charge in [0, 0.05) is 74.7 Å². The first-order chi connectivity index (χ1) is 29.5. The van der Waals surface area contributed by atoms with Gasteiger partial charge in [-0.3, -0.25) is 39.1 Å². The maximum Gasteiger partial charge on any atom is 0.272 e. The first-order valence-electron chi connectivity index (χ1n) is 21.3. The molecule has 5 aliphatic heterocycles. The standard InChI is InChI=1S/C45H49ClFN9O6/c1-43(2)41(44(3,4)42(43)62-27-6-5-25(22-48)30(46)19-27)50-37(58)32-7-9-35(52-51-32)54-15-11-26(12-16-54)55-23-45(24-55)13-17-53(18-14-45)34-21-29-28(20-31(34)47)39(60)56(40(29)61)33-8-10-36(57)49-38(33)59/h5-7,9,19-21,26,33,41-42H,8,10-18,23-24H2,1-4H3,(H,50,58)(H,49,57,59). The summed E-state index contributed by atoms with van der Waals surface area (Å²) < 4.78 is 21.9. The lowest BCUT2D eigenvalue weighted by molar-refractivity contribution is -0.164. The van der Waals surface area contributed by atoms with E-state index in [-0.39, 0.29) is 58.8 Å². The van der Waals surface area contributed by atoms with Gasteiger partial charge in [-0.1, -0.05) is 39.3 Å². The Morgan fingerprint density at radius 3 is 2.19 bits per heavy atom. The molecule has 0 radical (unpaired) electrons. The van der Waals surface area contributed by atoms with Gasteiger partial charge < -0.3 is 19.9 Å². The fourth-order valence-corrected chi connectivity index (χ4v) is 11.4. The molecule has 62 heavy (non-hydrogen) atoms. The van der Waals surface area contributed by atoms with E-state index < -0.39 is 46.3 Å². The number of carbonyl (C=O) groups is 5. The first-order valence-corrected chi connectivity index (χ1v) is 21.7. The smallest absolute Gasteiger partial charge is 0.272 e. The second kappa shape index (κ2) is 15.3. The van der Waals surface area contributed by atoms with Crippen molar-refractivity contribution in [3.05, 3.63) is 75.7 Å². The second-order valence-corrected chi connectivity index (χ2v) is 19.4. The van der Waals surface area contributed by atoms with Crippen LogP contribution in [-0.2, 0) is 9.59 Å². The van der Waals surface area contributed by atoms with Crippen LogP contribution in [0.5, 0.6) is 5.75 Å². The van der Waals surface area contributed by atoms with Gasteiger partial charge in [-0.2, -0.15) is 5.26 Å². The van der Waals surface area contributed by atoms with E-state index in [1.165, 1.54) is 6.07 Å². The molecule has 1 aliphatic carbocycles. The van der Waals surface area contributed by atoms with Crippen LogP contribution in [0, 0.1) is 33.4 Å². The Morgan fingerprint density at radius 1 is 0.903 bits per heavy atom. The summed E-state index contributed by atoms with van der Waals surface area (Å²) in [4.78, 5) is 71.6. The van der Waals surface area contributed by atoms with E-state index >= 15 is 4.39 Å². The number of amides is 5. The van der Waals surface area contributed by atoms with Gasteiger partial charge >= 0.3 is 0 Å². The summed E-state index contributed by atoms with van der Waals surface area (Å²) >= 11 is 6.24. The Morgan fingerprint density at radius 2 is 1.58 bits per heavy atom. The van der Waals surface area contributed by atoms with Crippen molar-refractivity contribution in [2.24, 2.45) is 16.2 Å². The fraction of sp³-hybridized carbons (Fsp3) is 0.511. The van der Waals surface area contributed by atoms with Gasteiger partial charge in [-0.15, -0.1) is 10.2 Å². The molecule has 1 aromatic heterocycles. The van der Waals surface area contributed by atoms with E-state index in [4.69, 9.17) is 16.3 Å². The summed E-state index contributed by atoms with van der Waals surface area (Å²) in [5.74, 6) is -2.09. The van der Waals surface area contributed by atoms with Gasteiger partial charge in [0.15, 0.2) is 11.5 Å². The number of piperidine rings is 3. The maximum atomic E-state index is 15.5. The third kappa shape index (κ3) is 7.03. The normalized spacial score (nSPS) is 25.4. The van der Waals surface area contributed by atoms with Gasteiger partial charge in [0.25, 0.3) is 17.7 Å². The Bertz CT molecular complexity index is 2400. The molecule has 9 rings (SSSR count). The number of fused-ring (bicyclic) bond motifs is 1. The highest BCUT2D eigenvalue weighted by atomic mass is 35.5. The van der Waals surface area contributed by atoms with E-state index in [1.807, 2.05) is 11.0 Å². The highest BCUT2D eigenvalue weighted by molar-refractivity contribution is 6.31. The molecule has 6 heterocycles. The number of aromatic nitrogens is 2. The van der Waals surface area contributed by atoms with Crippen molar-refractivity contribution in [3.63, 3.8) is 0 Å². The van der Waals surface area contributed by atoms with Crippen molar-refractivity contribution in [2.45, 2.75) is 90.4 Å². The predicted octanol–water partition coefficient (Wildman–Crippen LogP) is 4.73. The molecule has 1 saturated carbocycles. The van der Waals surface area contributed by atoms with E-state index in [1.54, 1.807) is 24.3 Å². The molecule has 5 fully saturated rings. The number of anilines is 2. The highest BCUT2D eigenvalue weighted by Crippen LogP contribution is 2.55. The van der Waals surface area contributed by atoms with Crippen molar-refractivity contribution < 1.29 is 33.1 Å². The summed E-state index contributed by atoms with van der Waals surface area (Å²) in [6.07, 6.45) is 3.53. The SMILES string of the molecule is CC1(C)C(NC(=O)c2ccc(N3CCC(N4CC5(CCN(c6cc7c(cc6F)C(=O)N(C6CCC(=O)NC6=O)C7=O)CC5)C4)CC3)nn2)C(C)(C)C1Oc1ccc(C#N)c(Cl)c1. The monoisotopic (exact) mass is 865 g/mol. The molecule has 1 unspecified atom stereocenters. The van der Waals surface area contributed by atoms with Crippen LogP contribution in [0.25, 0.3) is 0 Å². The number of rotatable bonds is 8. The van der Waals surface area contributed by atoms with Gasteiger partial charge in [0.05, 0.1) is 27.4 Å². The van der Waals surface area contributed by atoms with Crippen LogP contribution in [0.15, 0.2) is 42.5 Å². The van der Waals surface area contributed by atoms with E-state index in [2.05, 4.69) is 64.4 Å². The summed E-state index contributed by atoms with van der Waals surface area (Å²) in [5.41, 5.74) is 0.251. The topological polar surface area (TPSA) is 181 Å². The van der Waals surface area contributed by atoms with Gasteiger partial charge in [0.2, 0.25) is 11.8 Å². The van der Waals surface area contributed by atoms with Gasteiger partial charge in [0.1, 0.15) is 29.8 Å². The highest BCUT2D eigenvalue weighted by Gasteiger charge is 2.64. The molecule has 2 N–H and O–H groups in total.